The van der Waals surface area contributed by atoms with Gasteiger partial charge in [0.25, 0.3) is 0 Å². The molecule has 1 aromatic heterocycles. The molecule has 1 saturated heterocycles. The molecule has 3 rings (SSSR count). The summed E-state index contributed by atoms with van der Waals surface area (Å²) >= 11 is 6.04. The summed E-state index contributed by atoms with van der Waals surface area (Å²) in [4.78, 5) is 3.46. The number of aromatic amines is 1. The van der Waals surface area contributed by atoms with Crippen LogP contribution in [0.4, 0.5) is 0 Å². The SMILES string of the molecule is Cc1[nH]c2cc(Cl)ccc2c1CC1CCNCC1. The number of benzene rings is 1. The molecule has 1 aliphatic heterocycles. The van der Waals surface area contributed by atoms with Gasteiger partial charge in [0.15, 0.2) is 0 Å². The van der Waals surface area contributed by atoms with E-state index in [1.54, 1.807) is 0 Å². The zero-order chi connectivity index (χ0) is 12.5. The second-order valence-electron chi connectivity index (χ2n) is 5.32. The van der Waals surface area contributed by atoms with E-state index in [1.165, 1.54) is 41.4 Å². The van der Waals surface area contributed by atoms with Crippen LogP contribution in [0.1, 0.15) is 24.1 Å². The molecule has 2 heterocycles. The lowest BCUT2D eigenvalue weighted by atomic mass is 9.90. The molecule has 2 aromatic rings. The Morgan fingerprint density at radius 1 is 1.28 bits per heavy atom. The zero-order valence-electron chi connectivity index (χ0n) is 10.7. The number of H-pyrrole nitrogens is 1. The lowest BCUT2D eigenvalue weighted by Gasteiger charge is -2.22. The van der Waals surface area contributed by atoms with E-state index in [4.69, 9.17) is 11.6 Å². The number of hydrogen-bond acceptors (Lipinski definition) is 1. The van der Waals surface area contributed by atoms with Crippen molar-refractivity contribution in [3.8, 4) is 0 Å². The van der Waals surface area contributed by atoms with Crippen LogP contribution >= 0.6 is 11.6 Å². The zero-order valence-corrected chi connectivity index (χ0v) is 11.5. The molecule has 0 atom stereocenters. The van der Waals surface area contributed by atoms with Crippen LogP contribution in [-0.4, -0.2) is 18.1 Å². The van der Waals surface area contributed by atoms with Crippen molar-refractivity contribution in [1.82, 2.24) is 10.3 Å². The Labute approximate surface area is 113 Å². The van der Waals surface area contributed by atoms with E-state index < -0.39 is 0 Å². The van der Waals surface area contributed by atoms with E-state index in [-0.39, 0.29) is 0 Å². The van der Waals surface area contributed by atoms with Crippen LogP contribution in [0, 0.1) is 12.8 Å². The van der Waals surface area contributed by atoms with Crippen LogP contribution in [0.15, 0.2) is 18.2 Å². The highest BCUT2D eigenvalue weighted by molar-refractivity contribution is 6.31. The lowest BCUT2D eigenvalue weighted by molar-refractivity contribution is 0.373. The Morgan fingerprint density at radius 2 is 2.06 bits per heavy atom. The molecule has 3 heteroatoms. The second kappa shape index (κ2) is 4.94. The van der Waals surface area contributed by atoms with Gasteiger partial charge in [-0.3, -0.25) is 0 Å². The van der Waals surface area contributed by atoms with Gasteiger partial charge >= 0.3 is 0 Å². The van der Waals surface area contributed by atoms with Crippen molar-refractivity contribution in [3.05, 3.63) is 34.5 Å². The van der Waals surface area contributed by atoms with Gasteiger partial charge in [-0.2, -0.15) is 0 Å². The maximum atomic E-state index is 6.04. The fourth-order valence-electron chi connectivity index (χ4n) is 3.00. The Hall–Kier alpha value is -0.990. The van der Waals surface area contributed by atoms with E-state index in [9.17, 15) is 0 Å². The first-order chi connectivity index (χ1) is 8.74. The maximum absolute atomic E-state index is 6.04. The Balaban J connectivity index is 1.92. The number of fused-ring (bicyclic) bond motifs is 1. The third-order valence-electron chi connectivity index (χ3n) is 4.03. The summed E-state index contributed by atoms with van der Waals surface area (Å²) < 4.78 is 0. The predicted molar refractivity (Wildman–Crippen MR) is 77.3 cm³/mol. The molecule has 1 fully saturated rings. The molecule has 1 aliphatic rings. The van der Waals surface area contributed by atoms with Crippen LogP contribution in [-0.2, 0) is 6.42 Å². The average Bonchev–Trinajstić information content (AvgIpc) is 2.66. The number of aromatic nitrogens is 1. The highest BCUT2D eigenvalue weighted by Gasteiger charge is 2.17. The average molecular weight is 263 g/mol. The van der Waals surface area contributed by atoms with E-state index in [1.807, 2.05) is 12.1 Å². The summed E-state index contributed by atoms with van der Waals surface area (Å²) in [6.07, 6.45) is 3.77. The first-order valence-electron chi connectivity index (χ1n) is 6.71. The lowest BCUT2D eigenvalue weighted by Crippen LogP contribution is -2.28. The fraction of sp³-hybridized carbons (Fsp3) is 0.467. The predicted octanol–water partition coefficient (Wildman–Crippen LogP) is 3.67. The molecule has 1 aromatic carbocycles. The molecular weight excluding hydrogens is 244 g/mol. The van der Waals surface area contributed by atoms with Gasteiger partial charge in [0, 0.05) is 21.6 Å². The van der Waals surface area contributed by atoms with Gasteiger partial charge in [0.2, 0.25) is 0 Å². The normalized spacial score (nSPS) is 17.4. The standard InChI is InChI=1S/C15H19ClN2/c1-10-14(8-11-4-6-17-7-5-11)13-3-2-12(16)9-15(13)18-10/h2-3,9,11,17-18H,4-8H2,1H3. The summed E-state index contributed by atoms with van der Waals surface area (Å²) in [6, 6.07) is 6.16. The van der Waals surface area contributed by atoms with Crippen LogP contribution in [0.3, 0.4) is 0 Å². The van der Waals surface area contributed by atoms with Crippen LogP contribution < -0.4 is 5.32 Å². The van der Waals surface area contributed by atoms with E-state index in [0.717, 1.165) is 24.0 Å². The van der Waals surface area contributed by atoms with Crippen molar-refractivity contribution < 1.29 is 0 Å². The largest absolute Gasteiger partial charge is 0.358 e. The summed E-state index contributed by atoms with van der Waals surface area (Å²) in [5.41, 5.74) is 3.95. The number of aryl methyl sites for hydroxylation is 1. The highest BCUT2D eigenvalue weighted by Crippen LogP contribution is 2.29. The third-order valence-corrected chi connectivity index (χ3v) is 4.27. The van der Waals surface area contributed by atoms with Crippen LogP contribution in [0.25, 0.3) is 10.9 Å². The Morgan fingerprint density at radius 3 is 2.83 bits per heavy atom. The quantitative estimate of drug-likeness (QED) is 0.849. The van der Waals surface area contributed by atoms with Gasteiger partial charge in [-0.05, 0) is 62.9 Å². The molecule has 2 N–H and O–H groups in total. The summed E-state index contributed by atoms with van der Waals surface area (Å²) in [5, 5.41) is 5.57. The summed E-state index contributed by atoms with van der Waals surface area (Å²) in [6.45, 7) is 4.50. The number of halogens is 1. The Bertz CT molecular complexity index is 553. The smallest absolute Gasteiger partial charge is 0.0473 e. The highest BCUT2D eigenvalue weighted by atomic mass is 35.5. The third kappa shape index (κ3) is 2.27. The monoisotopic (exact) mass is 262 g/mol. The van der Waals surface area contributed by atoms with Crippen molar-refractivity contribution >= 4 is 22.5 Å². The minimum atomic E-state index is 0.803. The second-order valence-corrected chi connectivity index (χ2v) is 5.75. The Kier molecular flexibility index (Phi) is 3.31. The molecular formula is C15H19ClN2. The van der Waals surface area contributed by atoms with Gasteiger partial charge in [-0.1, -0.05) is 17.7 Å². The molecule has 0 bridgehead atoms. The molecule has 0 unspecified atom stereocenters. The van der Waals surface area contributed by atoms with Gasteiger partial charge in [0.1, 0.15) is 0 Å². The number of hydrogen-bond donors (Lipinski definition) is 2. The number of piperidine rings is 1. The molecule has 18 heavy (non-hydrogen) atoms. The van der Waals surface area contributed by atoms with Gasteiger partial charge in [-0.25, -0.2) is 0 Å². The van der Waals surface area contributed by atoms with Crippen molar-refractivity contribution in [1.29, 1.82) is 0 Å². The van der Waals surface area contributed by atoms with Crippen LogP contribution in [0.5, 0.6) is 0 Å². The van der Waals surface area contributed by atoms with Gasteiger partial charge < -0.3 is 10.3 Å². The molecule has 0 saturated carbocycles. The summed E-state index contributed by atoms with van der Waals surface area (Å²) in [7, 11) is 0. The molecule has 2 nitrogen and oxygen atoms in total. The fourth-order valence-corrected chi connectivity index (χ4v) is 3.17. The number of rotatable bonds is 2. The minimum absolute atomic E-state index is 0.803. The van der Waals surface area contributed by atoms with Crippen LogP contribution in [0.2, 0.25) is 5.02 Å². The molecule has 0 radical (unpaired) electrons. The first kappa shape index (κ1) is 12.1. The molecule has 96 valence electrons. The number of nitrogens with one attached hydrogen (secondary N) is 2. The van der Waals surface area contributed by atoms with E-state index in [2.05, 4.69) is 23.3 Å². The van der Waals surface area contributed by atoms with Crippen molar-refractivity contribution in [2.75, 3.05) is 13.1 Å². The van der Waals surface area contributed by atoms with E-state index in [0.29, 0.717) is 0 Å². The van der Waals surface area contributed by atoms with E-state index >= 15 is 0 Å². The van der Waals surface area contributed by atoms with Crippen molar-refractivity contribution in [2.45, 2.75) is 26.2 Å². The molecule has 0 amide bonds. The molecule has 0 spiro atoms. The minimum Gasteiger partial charge on any atom is -0.358 e. The topological polar surface area (TPSA) is 27.8 Å². The molecule has 0 aliphatic carbocycles. The van der Waals surface area contributed by atoms with Gasteiger partial charge in [0.05, 0.1) is 0 Å². The summed E-state index contributed by atoms with van der Waals surface area (Å²) in [5.74, 6) is 0.819. The van der Waals surface area contributed by atoms with Crippen molar-refractivity contribution in [3.63, 3.8) is 0 Å². The maximum Gasteiger partial charge on any atom is 0.0473 e. The first-order valence-corrected chi connectivity index (χ1v) is 7.09. The van der Waals surface area contributed by atoms with Crippen molar-refractivity contribution in [2.24, 2.45) is 5.92 Å². The van der Waals surface area contributed by atoms with Gasteiger partial charge in [-0.15, -0.1) is 0 Å².